The van der Waals surface area contributed by atoms with Crippen LogP contribution in [0.25, 0.3) is 22.3 Å². The first kappa shape index (κ1) is 26.1. The topological polar surface area (TPSA) is 50.1 Å². The number of fused-ring (bicyclic) bond motifs is 2. The highest BCUT2D eigenvalue weighted by molar-refractivity contribution is 14.2. The zero-order valence-corrected chi connectivity index (χ0v) is 25.6. The van der Waals surface area contributed by atoms with Crippen LogP contribution in [0.5, 0.6) is 0 Å². The van der Waals surface area contributed by atoms with Gasteiger partial charge in [0.1, 0.15) is 5.82 Å². The van der Waals surface area contributed by atoms with E-state index in [-0.39, 0.29) is 5.41 Å². The average molecular weight is 639 g/mol. The van der Waals surface area contributed by atoms with E-state index in [0.29, 0.717) is 0 Å². The molecule has 0 spiro atoms. The van der Waals surface area contributed by atoms with Crippen LogP contribution in [0.1, 0.15) is 54.8 Å². The number of aromatic nitrogens is 4. The Morgan fingerprint density at radius 2 is 1.84 bits per heavy atom. The minimum atomic E-state index is 0.278. The van der Waals surface area contributed by atoms with Crippen LogP contribution < -0.4 is 4.90 Å². The molecule has 2 aliphatic rings. The molecule has 2 aromatic carbocycles. The maximum Gasteiger partial charge on any atom is 0.162 e. The molecule has 2 aromatic heterocycles. The molecule has 0 atom stereocenters. The van der Waals surface area contributed by atoms with Crippen LogP contribution in [0.4, 0.5) is 5.82 Å². The predicted octanol–water partition coefficient (Wildman–Crippen LogP) is 7.14. The zero-order chi connectivity index (χ0) is 26.4. The highest BCUT2D eigenvalue weighted by Crippen LogP contribution is 2.39. The Hall–Kier alpha value is -2.17. The summed E-state index contributed by atoms with van der Waals surface area (Å²) in [7, 11) is 1.60. The van der Waals surface area contributed by atoms with Crippen molar-refractivity contribution in [1.82, 2.24) is 24.1 Å². The van der Waals surface area contributed by atoms with Crippen LogP contribution in [0.3, 0.4) is 0 Å². The molecule has 8 heteroatoms. The predicted molar refractivity (Wildman–Crippen MR) is 167 cm³/mol. The van der Waals surface area contributed by atoms with Gasteiger partial charge in [0.2, 0.25) is 0 Å². The normalized spacial score (nSPS) is 17.7. The van der Waals surface area contributed by atoms with Crippen molar-refractivity contribution in [2.24, 2.45) is 5.41 Å². The number of aryl methyl sites for hydroxylation is 2. The van der Waals surface area contributed by atoms with E-state index in [1.54, 1.807) is 9.12 Å². The Morgan fingerprint density at radius 3 is 2.61 bits per heavy atom. The summed E-state index contributed by atoms with van der Waals surface area (Å²) < 4.78 is 2.00. The van der Waals surface area contributed by atoms with Crippen LogP contribution in [0.2, 0.25) is 0 Å². The first-order valence-electron chi connectivity index (χ1n) is 13.5. The fourth-order valence-electron chi connectivity index (χ4n) is 6.21. The first-order chi connectivity index (χ1) is 18.3. The number of halogens is 1. The lowest BCUT2D eigenvalue weighted by Gasteiger charge is -2.41. The largest absolute Gasteiger partial charge is 0.356 e. The van der Waals surface area contributed by atoms with Crippen LogP contribution >= 0.6 is 30.3 Å². The third kappa shape index (κ3) is 4.95. The molecule has 0 radical (unpaired) electrons. The van der Waals surface area contributed by atoms with Gasteiger partial charge in [-0.25, -0.2) is 9.97 Å². The van der Waals surface area contributed by atoms with Gasteiger partial charge in [0.25, 0.3) is 0 Å². The van der Waals surface area contributed by atoms with Crippen LogP contribution in [-0.2, 0) is 19.5 Å². The van der Waals surface area contributed by atoms with Crippen molar-refractivity contribution < 1.29 is 0 Å². The summed E-state index contributed by atoms with van der Waals surface area (Å²) in [5, 5.41) is 5.97. The second-order valence-electron chi connectivity index (χ2n) is 11.6. The van der Waals surface area contributed by atoms with E-state index in [4.69, 9.17) is 15.1 Å². The Morgan fingerprint density at radius 1 is 1.03 bits per heavy atom. The summed E-state index contributed by atoms with van der Waals surface area (Å²) in [6, 6.07) is 15.2. The first-order valence-corrected chi connectivity index (χ1v) is 16.8. The van der Waals surface area contributed by atoms with E-state index in [2.05, 4.69) is 101 Å². The van der Waals surface area contributed by atoms with Gasteiger partial charge >= 0.3 is 0 Å². The van der Waals surface area contributed by atoms with E-state index in [1.807, 2.05) is 4.09 Å². The van der Waals surface area contributed by atoms with Crippen molar-refractivity contribution in [3.63, 3.8) is 0 Å². The fourth-order valence-corrected chi connectivity index (χ4v) is 7.49. The molecule has 1 fully saturated rings. The number of anilines is 1. The SMILES string of the molecule is Cc1ccc2c(c(C)nn2SI)c1-c1nc2c(c(N3CCCC(C)(C)C3)n1)CN(Cc1ccccc1)CC2. The van der Waals surface area contributed by atoms with Gasteiger partial charge in [-0.05, 0) is 49.3 Å². The van der Waals surface area contributed by atoms with Crippen LogP contribution in [0, 0.1) is 19.3 Å². The molecule has 6 rings (SSSR count). The van der Waals surface area contributed by atoms with Crippen molar-refractivity contribution in [2.45, 2.75) is 60.0 Å². The second kappa shape index (κ2) is 10.4. The Balaban J connectivity index is 1.48. The summed E-state index contributed by atoms with van der Waals surface area (Å²) in [5.41, 5.74) is 8.64. The molecular weight excluding hydrogens is 603 g/mol. The standard InChI is InChI=1S/C30H35IN6S/c1-20-11-12-25-27(21(2)34-37(25)38-31)26(20)28-32-24-13-16-35(17-22-9-6-5-7-10-22)18-23(24)29(33-28)36-15-8-14-30(3,4)19-36/h5-7,9-12H,8,13-19H2,1-4H3. The maximum atomic E-state index is 5.42. The lowest BCUT2D eigenvalue weighted by molar-refractivity contribution is 0.241. The molecule has 1 saturated heterocycles. The van der Waals surface area contributed by atoms with Crippen LogP contribution in [0.15, 0.2) is 42.5 Å². The molecule has 0 aliphatic carbocycles. The van der Waals surface area contributed by atoms with Crippen molar-refractivity contribution in [2.75, 3.05) is 24.5 Å². The quantitative estimate of drug-likeness (QED) is 0.217. The molecule has 38 heavy (non-hydrogen) atoms. The van der Waals surface area contributed by atoms with Gasteiger partial charge in [-0.15, -0.1) is 0 Å². The minimum absolute atomic E-state index is 0.278. The molecule has 4 aromatic rings. The molecular formula is C30H35IN6S. The highest BCUT2D eigenvalue weighted by atomic mass is 127. The summed E-state index contributed by atoms with van der Waals surface area (Å²) in [4.78, 5) is 15.8. The number of benzene rings is 2. The molecule has 6 nitrogen and oxygen atoms in total. The van der Waals surface area contributed by atoms with Gasteiger partial charge in [0.15, 0.2) is 5.82 Å². The highest BCUT2D eigenvalue weighted by Gasteiger charge is 2.32. The van der Waals surface area contributed by atoms with Gasteiger partial charge in [0, 0.05) is 86.0 Å². The Labute approximate surface area is 241 Å². The molecule has 0 saturated carbocycles. The molecule has 4 heterocycles. The Bertz CT molecular complexity index is 1480. The van der Waals surface area contributed by atoms with Gasteiger partial charge in [-0.3, -0.25) is 4.90 Å². The third-order valence-electron chi connectivity index (χ3n) is 8.06. The number of piperidine rings is 1. The van der Waals surface area contributed by atoms with Gasteiger partial charge < -0.3 is 4.90 Å². The van der Waals surface area contributed by atoms with E-state index < -0.39 is 0 Å². The molecule has 0 N–H and O–H groups in total. The summed E-state index contributed by atoms with van der Waals surface area (Å²) in [6.07, 6.45) is 3.40. The van der Waals surface area contributed by atoms with E-state index in [9.17, 15) is 0 Å². The van der Waals surface area contributed by atoms with Crippen molar-refractivity contribution in [3.05, 3.63) is 70.5 Å². The summed E-state index contributed by atoms with van der Waals surface area (Å²) >= 11 is 2.30. The van der Waals surface area contributed by atoms with E-state index in [0.717, 1.165) is 67.6 Å². The molecule has 0 bridgehead atoms. The number of hydrogen-bond donors (Lipinski definition) is 0. The zero-order valence-electron chi connectivity index (χ0n) is 22.7. The van der Waals surface area contributed by atoms with Crippen LogP contribution in [-0.4, -0.2) is 43.7 Å². The smallest absolute Gasteiger partial charge is 0.162 e. The van der Waals surface area contributed by atoms with E-state index >= 15 is 0 Å². The second-order valence-corrected chi connectivity index (χ2v) is 13.3. The van der Waals surface area contributed by atoms with Crippen molar-refractivity contribution in [1.29, 1.82) is 0 Å². The lowest BCUT2D eigenvalue weighted by Crippen LogP contribution is -2.42. The fraction of sp³-hybridized carbons (Fsp3) is 0.433. The minimum Gasteiger partial charge on any atom is -0.356 e. The molecule has 2 aliphatic heterocycles. The van der Waals surface area contributed by atoms with Gasteiger partial charge in [-0.2, -0.15) is 9.19 Å². The average Bonchev–Trinajstić information content (AvgIpc) is 3.23. The number of hydrogen-bond acceptors (Lipinski definition) is 6. The molecule has 198 valence electrons. The van der Waals surface area contributed by atoms with Gasteiger partial charge in [-0.1, -0.05) is 50.2 Å². The number of rotatable bonds is 5. The lowest BCUT2D eigenvalue weighted by atomic mass is 9.84. The summed E-state index contributed by atoms with van der Waals surface area (Å²) in [6.45, 7) is 14.0. The Kier molecular flexibility index (Phi) is 7.15. The maximum absolute atomic E-state index is 5.42. The molecule has 0 amide bonds. The molecule has 0 unspecified atom stereocenters. The monoisotopic (exact) mass is 638 g/mol. The summed E-state index contributed by atoms with van der Waals surface area (Å²) in [5.74, 6) is 1.99. The van der Waals surface area contributed by atoms with Gasteiger partial charge in [0.05, 0.1) is 16.9 Å². The van der Waals surface area contributed by atoms with E-state index in [1.165, 1.54) is 40.6 Å². The van der Waals surface area contributed by atoms with Crippen molar-refractivity contribution in [3.8, 4) is 11.4 Å². The number of nitrogens with zero attached hydrogens (tertiary/aromatic N) is 6. The third-order valence-corrected chi connectivity index (χ3v) is 9.58. The van der Waals surface area contributed by atoms with Crippen molar-refractivity contribution >= 4 is 47.0 Å².